The van der Waals surface area contributed by atoms with Crippen molar-refractivity contribution in [2.45, 2.75) is 13.5 Å². The number of hydrogen-bond donors (Lipinski definition) is 2. The van der Waals surface area contributed by atoms with E-state index < -0.39 is 0 Å². The van der Waals surface area contributed by atoms with E-state index in [-0.39, 0.29) is 5.91 Å². The van der Waals surface area contributed by atoms with Gasteiger partial charge in [0.2, 0.25) is 0 Å². The van der Waals surface area contributed by atoms with Crippen LogP contribution in [0.2, 0.25) is 0 Å². The van der Waals surface area contributed by atoms with E-state index in [4.69, 9.17) is 4.74 Å². The maximum Gasteiger partial charge on any atom is 0.255 e. The fourth-order valence-electron chi connectivity index (χ4n) is 1.99. The first kappa shape index (κ1) is 15.1. The Balaban J connectivity index is 2.11. The second-order valence-corrected chi connectivity index (χ2v) is 4.62. The Hall–Kier alpha value is -2.33. The molecule has 0 fully saturated rings. The van der Waals surface area contributed by atoms with Gasteiger partial charge in [0.25, 0.3) is 5.91 Å². The maximum absolute atomic E-state index is 12.3. The molecule has 110 valence electrons. The topological polar surface area (TPSA) is 50.4 Å². The molecule has 0 radical (unpaired) electrons. The molecule has 1 amide bonds. The predicted molar refractivity (Wildman–Crippen MR) is 84.8 cm³/mol. The molecule has 0 saturated carbocycles. The van der Waals surface area contributed by atoms with Gasteiger partial charge in [0.1, 0.15) is 5.75 Å². The molecular weight excluding hydrogens is 264 g/mol. The fourth-order valence-corrected chi connectivity index (χ4v) is 1.99. The molecule has 0 aromatic heterocycles. The number of ether oxygens (including phenoxy) is 1. The lowest BCUT2D eigenvalue weighted by atomic mass is 10.1. The van der Waals surface area contributed by atoms with E-state index in [1.807, 2.05) is 24.3 Å². The minimum Gasteiger partial charge on any atom is -0.497 e. The number of anilines is 1. The first-order valence-electron chi connectivity index (χ1n) is 6.98. The fraction of sp³-hybridized carbons (Fsp3) is 0.235. The molecule has 2 N–H and O–H groups in total. The van der Waals surface area contributed by atoms with E-state index in [0.717, 1.165) is 30.1 Å². The second-order valence-electron chi connectivity index (χ2n) is 4.62. The lowest BCUT2D eigenvalue weighted by Crippen LogP contribution is -2.17. The maximum atomic E-state index is 12.3. The molecule has 4 nitrogen and oxygen atoms in total. The summed E-state index contributed by atoms with van der Waals surface area (Å²) in [6.07, 6.45) is 0. The highest BCUT2D eigenvalue weighted by molar-refractivity contribution is 6.04. The van der Waals surface area contributed by atoms with Crippen LogP contribution < -0.4 is 15.4 Å². The zero-order valence-corrected chi connectivity index (χ0v) is 12.3. The molecule has 0 aliphatic heterocycles. The van der Waals surface area contributed by atoms with Gasteiger partial charge in [0.05, 0.1) is 7.11 Å². The van der Waals surface area contributed by atoms with Crippen molar-refractivity contribution in [2.24, 2.45) is 0 Å². The van der Waals surface area contributed by atoms with Gasteiger partial charge in [-0.25, -0.2) is 0 Å². The summed E-state index contributed by atoms with van der Waals surface area (Å²) >= 11 is 0. The number of nitrogens with one attached hydrogen (secondary N) is 2. The van der Waals surface area contributed by atoms with Crippen molar-refractivity contribution in [1.82, 2.24) is 5.32 Å². The lowest BCUT2D eigenvalue weighted by Gasteiger charge is -2.11. The summed E-state index contributed by atoms with van der Waals surface area (Å²) in [5.41, 5.74) is 2.51. The number of hydrogen-bond acceptors (Lipinski definition) is 3. The second kappa shape index (κ2) is 7.45. The van der Waals surface area contributed by atoms with E-state index in [2.05, 4.69) is 17.6 Å². The molecule has 2 rings (SSSR count). The van der Waals surface area contributed by atoms with Crippen LogP contribution >= 0.6 is 0 Å². The summed E-state index contributed by atoms with van der Waals surface area (Å²) in [5.74, 6) is 0.612. The first-order valence-corrected chi connectivity index (χ1v) is 6.98. The van der Waals surface area contributed by atoms with Gasteiger partial charge in [-0.3, -0.25) is 4.79 Å². The molecule has 21 heavy (non-hydrogen) atoms. The summed E-state index contributed by atoms with van der Waals surface area (Å²) < 4.78 is 5.09. The van der Waals surface area contributed by atoms with Crippen LogP contribution in [0.25, 0.3) is 0 Å². The van der Waals surface area contributed by atoms with Crippen molar-refractivity contribution < 1.29 is 9.53 Å². The Morgan fingerprint density at radius 2 is 1.81 bits per heavy atom. The largest absolute Gasteiger partial charge is 0.497 e. The zero-order chi connectivity index (χ0) is 15.1. The van der Waals surface area contributed by atoms with Crippen LogP contribution in [0.1, 0.15) is 22.8 Å². The third-order valence-electron chi connectivity index (χ3n) is 3.18. The average molecular weight is 284 g/mol. The van der Waals surface area contributed by atoms with E-state index >= 15 is 0 Å². The van der Waals surface area contributed by atoms with Gasteiger partial charge in [0, 0.05) is 17.8 Å². The number of amides is 1. The third kappa shape index (κ3) is 4.07. The number of para-hydroxylation sites is 1. The number of carbonyl (C=O) groups is 1. The van der Waals surface area contributed by atoms with Gasteiger partial charge in [-0.05, 0) is 42.4 Å². The Kier molecular flexibility index (Phi) is 5.35. The molecular formula is C17H20N2O2. The number of benzene rings is 2. The highest BCUT2D eigenvalue weighted by Crippen LogP contribution is 2.17. The summed E-state index contributed by atoms with van der Waals surface area (Å²) in [6, 6.07) is 14.9. The molecule has 0 heterocycles. The smallest absolute Gasteiger partial charge is 0.255 e. The average Bonchev–Trinajstić information content (AvgIpc) is 2.54. The highest BCUT2D eigenvalue weighted by atomic mass is 16.5. The molecule has 0 aliphatic carbocycles. The minimum atomic E-state index is -0.124. The summed E-state index contributed by atoms with van der Waals surface area (Å²) in [7, 11) is 1.60. The van der Waals surface area contributed by atoms with Gasteiger partial charge in [-0.2, -0.15) is 0 Å². The molecule has 0 saturated heterocycles. The monoisotopic (exact) mass is 284 g/mol. The Morgan fingerprint density at radius 3 is 2.48 bits per heavy atom. The van der Waals surface area contributed by atoms with Crippen molar-refractivity contribution >= 4 is 11.6 Å². The van der Waals surface area contributed by atoms with Gasteiger partial charge in [-0.15, -0.1) is 0 Å². The normalized spacial score (nSPS) is 10.2. The molecule has 0 spiro atoms. The molecule has 0 aliphatic rings. The van der Waals surface area contributed by atoms with Crippen LogP contribution in [-0.2, 0) is 6.54 Å². The first-order chi connectivity index (χ1) is 10.2. The van der Waals surface area contributed by atoms with Gasteiger partial charge in [0.15, 0.2) is 0 Å². The molecule has 2 aromatic carbocycles. The molecule has 0 bridgehead atoms. The van der Waals surface area contributed by atoms with Crippen LogP contribution in [0.3, 0.4) is 0 Å². The van der Waals surface area contributed by atoms with E-state index in [1.165, 1.54) is 0 Å². The molecule has 4 heteroatoms. The lowest BCUT2D eigenvalue weighted by molar-refractivity contribution is 0.102. The van der Waals surface area contributed by atoms with Crippen molar-refractivity contribution in [3.8, 4) is 5.75 Å². The predicted octanol–water partition coefficient (Wildman–Crippen LogP) is 3.06. The van der Waals surface area contributed by atoms with E-state index in [9.17, 15) is 4.79 Å². The van der Waals surface area contributed by atoms with Crippen molar-refractivity contribution in [3.63, 3.8) is 0 Å². The van der Waals surface area contributed by atoms with Crippen LogP contribution in [0, 0.1) is 0 Å². The van der Waals surface area contributed by atoms with E-state index in [1.54, 1.807) is 31.4 Å². The van der Waals surface area contributed by atoms with Gasteiger partial charge in [-0.1, -0.05) is 25.1 Å². The quantitative estimate of drug-likeness (QED) is 0.857. The highest BCUT2D eigenvalue weighted by Gasteiger charge is 2.08. The summed E-state index contributed by atoms with van der Waals surface area (Å²) in [4.78, 5) is 12.3. The molecule has 0 atom stereocenters. The number of rotatable bonds is 6. The standard InChI is InChI=1S/C17H20N2O2/c1-3-18-12-14-6-4-5-7-16(14)19-17(20)13-8-10-15(21-2)11-9-13/h4-11,18H,3,12H2,1-2H3,(H,19,20). The number of methoxy groups -OCH3 is 1. The third-order valence-corrected chi connectivity index (χ3v) is 3.18. The summed E-state index contributed by atoms with van der Waals surface area (Å²) in [5, 5.41) is 6.22. The van der Waals surface area contributed by atoms with Crippen molar-refractivity contribution in [1.29, 1.82) is 0 Å². The van der Waals surface area contributed by atoms with Crippen LogP contribution in [-0.4, -0.2) is 19.6 Å². The van der Waals surface area contributed by atoms with Crippen molar-refractivity contribution in [3.05, 3.63) is 59.7 Å². The Labute approximate surface area is 125 Å². The van der Waals surface area contributed by atoms with E-state index in [0.29, 0.717) is 5.56 Å². The van der Waals surface area contributed by atoms with Gasteiger partial charge >= 0.3 is 0 Å². The van der Waals surface area contributed by atoms with Crippen LogP contribution in [0.5, 0.6) is 5.75 Å². The number of carbonyl (C=O) groups excluding carboxylic acids is 1. The molecule has 0 unspecified atom stereocenters. The van der Waals surface area contributed by atoms with Crippen molar-refractivity contribution in [2.75, 3.05) is 19.0 Å². The minimum absolute atomic E-state index is 0.124. The Bertz CT molecular complexity index is 594. The summed E-state index contributed by atoms with van der Waals surface area (Å²) in [6.45, 7) is 3.68. The van der Waals surface area contributed by atoms with Crippen LogP contribution in [0.4, 0.5) is 5.69 Å². The van der Waals surface area contributed by atoms with Gasteiger partial charge < -0.3 is 15.4 Å². The van der Waals surface area contributed by atoms with Crippen LogP contribution in [0.15, 0.2) is 48.5 Å². The Morgan fingerprint density at radius 1 is 1.10 bits per heavy atom. The SMILES string of the molecule is CCNCc1ccccc1NC(=O)c1ccc(OC)cc1. The zero-order valence-electron chi connectivity index (χ0n) is 12.3. The molecule has 2 aromatic rings.